The van der Waals surface area contributed by atoms with Gasteiger partial charge in [0.15, 0.2) is 0 Å². The topological polar surface area (TPSA) is 91.6 Å². The van der Waals surface area contributed by atoms with E-state index in [1.165, 1.54) is 18.2 Å². The van der Waals surface area contributed by atoms with Crippen molar-refractivity contribution in [1.82, 2.24) is 14.9 Å². The van der Waals surface area contributed by atoms with Gasteiger partial charge in [-0.25, -0.2) is 8.42 Å². The quantitative estimate of drug-likeness (QED) is 0.592. The Balaban J connectivity index is 2.14. The fraction of sp³-hybridized carbons (Fsp3) is 0.350. The number of sulfonamides is 1. The summed E-state index contributed by atoms with van der Waals surface area (Å²) in [5.41, 5.74) is 0.251. The molecule has 2 N–H and O–H groups in total. The fourth-order valence-electron chi connectivity index (χ4n) is 2.87. The van der Waals surface area contributed by atoms with Gasteiger partial charge < -0.3 is 9.73 Å². The number of hydrogen-bond acceptors (Lipinski definition) is 5. The van der Waals surface area contributed by atoms with Crippen LogP contribution in [0.2, 0.25) is 0 Å². The van der Waals surface area contributed by atoms with Crippen LogP contribution in [0, 0.1) is 12.3 Å². The third-order valence-corrected chi connectivity index (χ3v) is 5.75. The lowest BCUT2D eigenvalue weighted by Crippen LogP contribution is -2.38. The van der Waals surface area contributed by atoms with Crippen molar-refractivity contribution in [2.75, 3.05) is 26.2 Å². The highest BCUT2D eigenvalue weighted by molar-refractivity contribution is 7.89. The van der Waals surface area contributed by atoms with Gasteiger partial charge in [0, 0.05) is 12.1 Å². The summed E-state index contributed by atoms with van der Waals surface area (Å²) in [5, 5.41) is 2.87. The first-order valence-electron chi connectivity index (χ1n) is 9.01. The molecular formula is C20H25N3O4S. The first-order chi connectivity index (χ1) is 13.4. The first kappa shape index (κ1) is 21.7. The molecular weight excluding hydrogens is 378 g/mol. The fourth-order valence-corrected chi connectivity index (χ4v) is 3.85. The summed E-state index contributed by atoms with van der Waals surface area (Å²) in [5.74, 6) is 2.62. The average molecular weight is 404 g/mol. The molecule has 1 heterocycles. The molecule has 0 aliphatic rings. The molecule has 0 aliphatic heterocycles. The van der Waals surface area contributed by atoms with Crippen molar-refractivity contribution in [3.05, 3.63) is 54.0 Å². The van der Waals surface area contributed by atoms with Crippen molar-refractivity contribution in [1.29, 1.82) is 0 Å². The van der Waals surface area contributed by atoms with Crippen LogP contribution in [0.3, 0.4) is 0 Å². The van der Waals surface area contributed by atoms with E-state index in [0.717, 1.165) is 18.8 Å². The van der Waals surface area contributed by atoms with Crippen molar-refractivity contribution in [3.63, 3.8) is 0 Å². The van der Waals surface area contributed by atoms with Crippen LogP contribution in [-0.2, 0) is 10.0 Å². The number of terminal acetylenes is 1. The molecule has 2 rings (SSSR count). The number of carbonyl (C=O) groups excluding carboxylic acids is 1. The molecule has 28 heavy (non-hydrogen) atoms. The highest BCUT2D eigenvalue weighted by Gasteiger charge is 2.22. The van der Waals surface area contributed by atoms with Gasteiger partial charge in [-0.15, -0.1) is 6.42 Å². The number of benzene rings is 1. The normalized spacial score (nSPS) is 12.5. The van der Waals surface area contributed by atoms with Gasteiger partial charge in [0.1, 0.15) is 5.76 Å². The zero-order chi connectivity index (χ0) is 20.6. The summed E-state index contributed by atoms with van der Waals surface area (Å²) < 4.78 is 32.2. The van der Waals surface area contributed by atoms with Gasteiger partial charge in [0.05, 0.1) is 23.7 Å². The highest BCUT2D eigenvalue weighted by Crippen LogP contribution is 2.20. The second kappa shape index (κ2) is 10.1. The predicted octanol–water partition coefficient (Wildman–Crippen LogP) is 2.00. The van der Waals surface area contributed by atoms with E-state index in [0.29, 0.717) is 6.54 Å². The first-order valence-corrected chi connectivity index (χ1v) is 10.5. The van der Waals surface area contributed by atoms with Gasteiger partial charge in [-0.05, 0) is 43.4 Å². The molecule has 1 aromatic carbocycles. The van der Waals surface area contributed by atoms with E-state index in [-0.39, 0.29) is 29.0 Å². The largest absolute Gasteiger partial charge is 0.468 e. The van der Waals surface area contributed by atoms with Crippen molar-refractivity contribution in [2.24, 2.45) is 0 Å². The Morgan fingerprint density at radius 1 is 1.25 bits per heavy atom. The van der Waals surface area contributed by atoms with Crippen LogP contribution >= 0.6 is 0 Å². The molecule has 2 aromatic rings. The third kappa shape index (κ3) is 5.45. The lowest BCUT2D eigenvalue weighted by atomic mass is 10.1. The van der Waals surface area contributed by atoms with E-state index in [2.05, 4.69) is 20.9 Å². The van der Waals surface area contributed by atoms with Crippen molar-refractivity contribution in [3.8, 4) is 12.3 Å². The number of hydrogen-bond donors (Lipinski definition) is 2. The molecule has 0 fully saturated rings. The van der Waals surface area contributed by atoms with E-state index >= 15 is 0 Å². The van der Waals surface area contributed by atoms with Crippen LogP contribution in [0.1, 0.15) is 36.0 Å². The van der Waals surface area contributed by atoms with Gasteiger partial charge in [-0.3, -0.25) is 9.69 Å². The van der Waals surface area contributed by atoms with Crippen molar-refractivity contribution in [2.45, 2.75) is 24.8 Å². The molecule has 0 bridgehead atoms. The van der Waals surface area contributed by atoms with Crippen LogP contribution < -0.4 is 10.0 Å². The molecule has 150 valence electrons. The maximum atomic E-state index is 12.6. The molecule has 1 aromatic heterocycles. The summed E-state index contributed by atoms with van der Waals surface area (Å²) >= 11 is 0. The van der Waals surface area contributed by atoms with E-state index in [9.17, 15) is 13.2 Å². The summed E-state index contributed by atoms with van der Waals surface area (Å²) in [6.07, 6.45) is 6.70. The highest BCUT2D eigenvalue weighted by atomic mass is 32.2. The molecule has 0 saturated heterocycles. The Morgan fingerprint density at radius 2 is 2.00 bits per heavy atom. The number of carbonyl (C=O) groups is 1. The zero-order valence-electron chi connectivity index (χ0n) is 16.0. The number of amides is 1. The Hall–Kier alpha value is -2.60. The molecule has 1 atom stereocenters. The van der Waals surface area contributed by atoms with Gasteiger partial charge in [0.2, 0.25) is 10.0 Å². The van der Waals surface area contributed by atoms with Gasteiger partial charge in [-0.2, -0.15) is 4.72 Å². The molecule has 8 heteroatoms. The van der Waals surface area contributed by atoms with E-state index < -0.39 is 10.0 Å². The monoisotopic (exact) mass is 403 g/mol. The second-order valence-corrected chi connectivity index (χ2v) is 7.79. The third-order valence-electron chi connectivity index (χ3n) is 4.35. The van der Waals surface area contributed by atoms with Crippen LogP contribution in [0.15, 0.2) is 52.0 Å². The van der Waals surface area contributed by atoms with E-state index in [1.54, 1.807) is 12.3 Å². The number of likely N-dealkylation sites (N-methyl/N-ethyl adjacent to an activating group) is 1. The van der Waals surface area contributed by atoms with Crippen LogP contribution in [0.5, 0.6) is 0 Å². The molecule has 1 amide bonds. The number of nitrogens with zero attached hydrogens (tertiary/aromatic N) is 1. The Kier molecular flexibility index (Phi) is 7.81. The zero-order valence-corrected chi connectivity index (χ0v) is 16.8. The van der Waals surface area contributed by atoms with Crippen LogP contribution in [-0.4, -0.2) is 45.4 Å². The van der Waals surface area contributed by atoms with E-state index in [4.69, 9.17) is 10.8 Å². The second-order valence-electron chi connectivity index (χ2n) is 6.02. The summed E-state index contributed by atoms with van der Waals surface area (Å²) in [6.45, 7) is 5.89. The number of furan rings is 1. The minimum atomic E-state index is -3.76. The molecule has 7 nitrogen and oxygen atoms in total. The maximum absolute atomic E-state index is 12.6. The average Bonchev–Trinajstić information content (AvgIpc) is 3.24. The predicted molar refractivity (Wildman–Crippen MR) is 107 cm³/mol. The van der Waals surface area contributed by atoms with Gasteiger partial charge >= 0.3 is 0 Å². The minimum absolute atomic E-state index is 0.0123. The Labute approximate surface area is 166 Å². The van der Waals surface area contributed by atoms with Gasteiger partial charge in [-0.1, -0.05) is 25.8 Å². The maximum Gasteiger partial charge on any atom is 0.251 e. The molecule has 1 unspecified atom stereocenters. The molecule has 0 aliphatic carbocycles. The SMILES string of the molecule is C#CCNS(=O)(=O)c1cccc(C(=O)NCC(c2ccco2)N(CC)CC)c1. The van der Waals surface area contributed by atoms with Crippen molar-refractivity contribution < 1.29 is 17.6 Å². The lowest BCUT2D eigenvalue weighted by molar-refractivity contribution is 0.0929. The minimum Gasteiger partial charge on any atom is -0.468 e. The molecule has 0 saturated carbocycles. The number of rotatable bonds is 10. The smallest absolute Gasteiger partial charge is 0.251 e. The van der Waals surface area contributed by atoms with Crippen LogP contribution in [0.25, 0.3) is 0 Å². The molecule has 0 spiro atoms. The van der Waals surface area contributed by atoms with Gasteiger partial charge in [0.25, 0.3) is 5.91 Å². The number of nitrogens with one attached hydrogen (secondary N) is 2. The summed E-state index contributed by atoms with van der Waals surface area (Å²) in [4.78, 5) is 14.8. The Bertz CT molecular complexity index is 913. The summed E-state index contributed by atoms with van der Waals surface area (Å²) in [7, 11) is -3.76. The summed E-state index contributed by atoms with van der Waals surface area (Å²) in [6, 6.07) is 9.40. The van der Waals surface area contributed by atoms with Crippen LogP contribution in [0.4, 0.5) is 0 Å². The molecule has 0 radical (unpaired) electrons. The Morgan fingerprint density at radius 3 is 2.61 bits per heavy atom. The lowest BCUT2D eigenvalue weighted by Gasteiger charge is -2.28. The van der Waals surface area contributed by atoms with E-state index in [1.807, 2.05) is 26.0 Å². The van der Waals surface area contributed by atoms with Crippen molar-refractivity contribution >= 4 is 15.9 Å². The standard InChI is InChI=1S/C20H25N3O4S/c1-4-12-22-28(25,26)17-10-7-9-16(14-17)20(24)21-15-18(23(5-2)6-3)19-11-8-13-27-19/h1,7-11,13-14,18,22H,5-6,12,15H2,2-3H3,(H,21,24).